The van der Waals surface area contributed by atoms with Gasteiger partial charge in [0.2, 0.25) is 0 Å². The van der Waals surface area contributed by atoms with Crippen LogP contribution in [0.5, 0.6) is 0 Å². The number of hydrogen-bond acceptors (Lipinski definition) is 4. The maximum Gasteiger partial charge on any atom is 0.324 e. The summed E-state index contributed by atoms with van der Waals surface area (Å²) in [6.45, 7) is 2.34. The van der Waals surface area contributed by atoms with Crippen molar-refractivity contribution in [2.24, 2.45) is 0 Å². The summed E-state index contributed by atoms with van der Waals surface area (Å²) in [4.78, 5) is 11.8. The number of rotatable bonds is 2. The Bertz CT molecular complexity index is 249. The van der Waals surface area contributed by atoms with Crippen LogP contribution in [0, 0.1) is 0 Å². The van der Waals surface area contributed by atoms with Crippen LogP contribution in [0.15, 0.2) is 0 Å². The highest BCUT2D eigenvalue weighted by molar-refractivity contribution is 8.00. The van der Waals surface area contributed by atoms with Gasteiger partial charge in [-0.1, -0.05) is 25.7 Å². The van der Waals surface area contributed by atoms with E-state index in [1.165, 1.54) is 38.5 Å². The van der Waals surface area contributed by atoms with E-state index in [-0.39, 0.29) is 16.9 Å². The van der Waals surface area contributed by atoms with Crippen LogP contribution in [0.2, 0.25) is 0 Å². The summed E-state index contributed by atoms with van der Waals surface area (Å²) in [5.41, 5.74) is 0. The molecular weight excluding hydrogens is 222 g/mol. The molecule has 92 valence electrons. The minimum Gasteiger partial charge on any atom is -0.465 e. The SMILES string of the molecule is CCOC(=O)[C@@H]1CSC2(CCCCCC2)N1. The van der Waals surface area contributed by atoms with Crippen LogP contribution in [0.3, 0.4) is 0 Å². The molecule has 1 aliphatic heterocycles. The Morgan fingerprint density at radius 2 is 2.06 bits per heavy atom. The Morgan fingerprint density at radius 1 is 1.38 bits per heavy atom. The maximum absolute atomic E-state index is 11.7. The average Bonchev–Trinajstić information content (AvgIpc) is 2.54. The third-order valence-electron chi connectivity index (χ3n) is 3.45. The van der Waals surface area contributed by atoms with E-state index < -0.39 is 0 Å². The Kier molecular flexibility index (Phi) is 4.14. The second-order valence-corrected chi connectivity index (χ2v) is 6.07. The predicted molar refractivity (Wildman–Crippen MR) is 66.4 cm³/mol. The lowest BCUT2D eigenvalue weighted by Crippen LogP contribution is -2.45. The van der Waals surface area contributed by atoms with Crippen molar-refractivity contribution in [2.75, 3.05) is 12.4 Å². The summed E-state index contributed by atoms with van der Waals surface area (Å²) >= 11 is 1.93. The molecule has 0 radical (unpaired) electrons. The number of thioether (sulfide) groups is 1. The van der Waals surface area contributed by atoms with Crippen molar-refractivity contribution in [3.63, 3.8) is 0 Å². The van der Waals surface area contributed by atoms with E-state index in [0.29, 0.717) is 6.61 Å². The molecule has 1 aliphatic carbocycles. The zero-order valence-electron chi connectivity index (χ0n) is 9.96. The third kappa shape index (κ3) is 2.72. The van der Waals surface area contributed by atoms with Crippen LogP contribution in [0.1, 0.15) is 45.4 Å². The van der Waals surface area contributed by atoms with Gasteiger partial charge in [0.25, 0.3) is 0 Å². The smallest absolute Gasteiger partial charge is 0.324 e. The molecule has 0 amide bonds. The van der Waals surface area contributed by atoms with Gasteiger partial charge in [-0.15, -0.1) is 11.8 Å². The monoisotopic (exact) mass is 243 g/mol. The largest absolute Gasteiger partial charge is 0.465 e. The van der Waals surface area contributed by atoms with Crippen LogP contribution in [-0.2, 0) is 9.53 Å². The summed E-state index contributed by atoms with van der Waals surface area (Å²) in [7, 11) is 0. The lowest BCUT2D eigenvalue weighted by atomic mass is 10.1. The first-order chi connectivity index (χ1) is 7.76. The highest BCUT2D eigenvalue weighted by atomic mass is 32.2. The first-order valence-corrected chi connectivity index (χ1v) is 7.33. The van der Waals surface area contributed by atoms with Crippen LogP contribution in [0.4, 0.5) is 0 Å². The summed E-state index contributed by atoms with van der Waals surface area (Å²) in [5.74, 6) is 0.801. The molecule has 1 saturated carbocycles. The number of ether oxygens (including phenoxy) is 1. The summed E-state index contributed by atoms with van der Waals surface area (Å²) in [6.07, 6.45) is 7.66. The number of carbonyl (C=O) groups is 1. The standard InChI is InChI=1S/C12H21NO2S/c1-2-15-11(14)10-9-16-12(13-10)7-5-3-4-6-8-12/h10,13H,2-9H2,1H3/t10-/m0/s1. The fourth-order valence-corrected chi connectivity index (χ4v) is 4.11. The van der Waals surface area contributed by atoms with E-state index in [9.17, 15) is 4.79 Å². The summed E-state index contributed by atoms with van der Waals surface area (Å²) in [6, 6.07) is -0.0805. The van der Waals surface area contributed by atoms with Crippen molar-refractivity contribution < 1.29 is 9.53 Å². The van der Waals surface area contributed by atoms with E-state index in [1.807, 2.05) is 18.7 Å². The lowest BCUT2D eigenvalue weighted by molar-refractivity contribution is -0.145. The second-order valence-electron chi connectivity index (χ2n) is 4.67. The quantitative estimate of drug-likeness (QED) is 0.755. The fourth-order valence-electron chi connectivity index (χ4n) is 2.60. The first-order valence-electron chi connectivity index (χ1n) is 6.34. The third-order valence-corrected chi connectivity index (χ3v) is 5.02. The molecule has 0 unspecified atom stereocenters. The molecule has 0 bridgehead atoms. The van der Waals surface area contributed by atoms with Crippen molar-refractivity contribution in [1.29, 1.82) is 0 Å². The van der Waals surface area contributed by atoms with Gasteiger partial charge in [0, 0.05) is 5.75 Å². The second kappa shape index (κ2) is 5.41. The van der Waals surface area contributed by atoms with Crippen molar-refractivity contribution in [2.45, 2.75) is 56.4 Å². The molecule has 1 atom stereocenters. The molecule has 16 heavy (non-hydrogen) atoms. The van der Waals surface area contributed by atoms with Crippen molar-refractivity contribution in [3.8, 4) is 0 Å². The van der Waals surface area contributed by atoms with Gasteiger partial charge in [-0.2, -0.15) is 0 Å². The average molecular weight is 243 g/mol. The van der Waals surface area contributed by atoms with Crippen molar-refractivity contribution in [1.82, 2.24) is 5.32 Å². The van der Waals surface area contributed by atoms with Crippen LogP contribution in [0.25, 0.3) is 0 Å². The first kappa shape index (κ1) is 12.2. The van der Waals surface area contributed by atoms with Gasteiger partial charge in [0.15, 0.2) is 0 Å². The zero-order valence-corrected chi connectivity index (χ0v) is 10.8. The Morgan fingerprint density at radius 3 is 2.69 bits per heavy atom. The molecule has 3 nitrogen and oxygen atoms in total. The molecule has 0 aromatic rings. The molecule has 4 heteroatoms. The molecule has 2 rings (SSSR count). The Hall–Kier alpha value is -0.220. The number of esters is 1. The molecule has 1 saturated heterocycles. The fraction of sp³-hybridized carbons (Fsp3) is 0.917. The number of hydrogen-bond donors (Lipinski definition) is 1. The van der Waals surface area contributed by atoms with Crippen molar-refractivity contribution in [3.05, 3.63) is 0 Å². The lowest BCUT2D eigenvalue weighted by Gasteiger charge is -2.27. The highest BCUT2D eigenvalue weighted by Crippen LogP contribution is 2.41. The van der Waals surface area contributed by atoms with Gasteiger partial charge in [-0.3, -0.25) is 10.1 Å². The molecule has 1 heterocycles. The van der Waals surface area contributed by atoms with E-state index in [1.54, 1.807) is 0 Å². The van der Waals surface area contributed by atoms with E-state index in [2.05, 4.69) is 5.32 Å². The van der Waals surface area contributed by atoms with Gasteiger partial charge in [-0.25, -0.2) is 0 Å². The molecule has 1 N–H and O–H groups in total. The number of carbonyl (C=O) groups excluding carboxylic acids is 1. The van der Waals surface area contributed by atoms with E-state index >= 15 is 0 Å². The zero-order chi connectivity index (χ0) is 11.4. The minimum absolute atomic E-state index is 0.0730. The highest BCUT2D eigenvalue weighted by Gasteiger charge is 2.42. The van der Waals surface area contributed by atoms with Gasteiger partial charge >= 0.3 is 5.97 Å². The molecule has 0 aromatic heterocycles. The molecule has 2 fully saturated rings. The van der Waals surface area contributed by atoms with Crippen molar-refractivity contribution >= 4 is 17.7 Å². The van der Waals surface area contributed by atoms with Gasteiger partial charge in [-0.05, 0) is 19.8 Å². The summed E-state index contributed by atoms with van der Waals surface area (Å²) in [5, 5.41) is 3.52. The van der Waals surface area contributed by atoms with Gasteiger partial charge in [0.1, 0.15) is 6.04 Å². The van der Waals surface area contributed by atoms with Crippen LogP contribution < -0.4 is 5.32 Å². The summed E-state index contributed by atoms with van der Waals surface area (Å²) < 4.78 is 5.08. The minimum atomic E-state index is -0.0805. The van der Waals surface area contributed by atoms with Gasteiger partial charge in [0.05, 0.1) is 11.5 Å². The van der Waals surface area contributed by atoms with Crippen LogP contribution >= 0.6 is 11.8 Å². The topological polar surface area (TPSA) is 38.3 Å². The van der Waals surface area contributed by atoms with E-state index in [0.717, 1.165) is 5.75 Å². The number of nitrogens with one attached hydrogen (secondary N) is 1. The maximum atomic E-state index is 11.7. The molecule has 0 aromatic carbocycles. The molecule has 1 spiro atoms. The Labute approximate surface area is 102 Å². The Balaban J connectivity index is 1.92. The molecule has 2 aliphatic rings. The molecular formula is C12H21NO2S. The van der Waals surface area contributed by atoms with E-state index in [4.69, 9.17) is 4.74 Å². The van der Waals surface area contributed by atoms with Crippen LogP contribution in [-0.4, -0.2) is 29.2 Å². The normalized spacial score (nSPS) is 28.9. The van der Waals surface area contributed by atoms with Gasteiger partial charge < -0.3 is 4.74 Å². The predicted octanol–water partition coefficient (Wildman–Crippen LogP) is 2.30.